The molecule has 0 heterocycles. The van der Waals surface area contributed by atoms with Crippen LogP contribution in [-0.2, 0) is 19.5 Å². The molecule has 0 atom stereocenters. The summed E-state index contributed by atoms with van der Waals surface area (Å²) >= 11 is 0. The maximum absolute atomic E-state index is 2.89. The second-order valence-electron chi connectivity index (χ2n) is 1.08. The first-order valence-corrected chi connectivity index (χ1v) is 1.91. The van der Waals surface area contributed by atoms with Gasteiger partial charge in [-0.15, -0.1) is 24.8 Å². The Balaban J connectivity index is -0.000000120. The molecule has 0 unspecified atom stereocenters. The zero-order chi connectivity index (χ0) is 4.24. The maximum atomic E-state index is 2.89. The van der Waals surface area contributed by atoms with Crippen LogP contribution >= 0.6 is 24.8 Å². The van der Waals surface area contributed by atoms with Crippen LogP contribution in [0.4, 0.5) is 0 Å². The van der Waals surface area contributed by atoms with Crippen molar-refractivity contribution in [1.82, 2.24) is 0 Å². The van der Waals surface area contributed by atoms with Gasteiger partial charge in [0.1, 0.15) is 0 Å². The number of halogens is 2. The van der Waals surface area contributed by atoms with Gasteiger partial charge in [0, 0.05) is 0 Å². The van der Waals surface area contributed by atoms with Gasteiger partial charge in [-0.3, -0.25) is 0 Å². The van der Waals surface area contributed by atoms with Crippen LogP contribution in [0.2, 0.25) is 0 Å². The fourth-order valence-electron chi connectivity index (χ4n) is 0.342. The van der Waals surface area contributed by atoms with Crippen LogP contribution < -0.4 is 0 Å². The van der Waals surface area contributed by atoms with E-state index in [2.05, 4.69) is 6.07 Å². The molecule has 9 heavy (non-hydrogen) atoms. The van der Waals surface area contributed by atoms with Crippen molar-refractivity contribution in [2.24, 2.45) is 0 Å². The van der Waals surface area contributed by atoms with Crippen LogP contribution in [0.15, 0.2) is 30.3 Å². The molecule has 0 aliphatic rings. The van der Waals surface area contributed by atoms with Crippen molar-refractivity contribution in [3.05, 3.63) is 36.4 Å². The molecule has 0 aromatic heterocycles. The molecule has 0 spiro atoms. The normalized spacial score (nSPS) is 5.33. The number of benzene rings is 1. The van der Waals surface area contributed by atoms with Gasteiger partial charge < -0.3 is 0 Å². The molecular weight excluding hydrogens is 244 g/mol. The van der Waals surface area contributed by atoms with E-state index in [1.54, 1.807) is 0 Å². The quantitative estimate of drug-likeness (QED) is 0.490. The third-order valence-corrected chi connectivity index (χ3v) is 0.607. The minimum atomic E-state index is 0. The Morgan fingerprint density at radius 3 is 1.33 bits per heavy atom. The molecule has 0 N–H and O–H groups in total. The summed E-state index contributed by atoms with van der Waals surface area (Å²) in [5.74, 6) is 0. The van der Waals surface area contributed by atoms with E-state index in [0.29, 0.717) is 0 Å². The van der Waals surface area contributed by atoms with E-state index in [1.165, 1.54) is 0 Å². The molecule has 0 nitrogen and oxygen atoms in total. The molecule has 0 aliphatic carbocycles. The monoisotopic (exact) mass is 251 g/mol. The fourth-order valence-corrected chi connectivity index (χ4v) is 0.342. The SMILES string of the molecule is Cl.Cl.[Ru+].[c-]1ccccc1. The molecule has 3 heteroatoms. The summed E-state index contributed by atoms with van der Waals surface area (Å²) in [6, 6.07) is 12.5. The van der Waals surface area contributed by atoms with Crippen molar-refractivity contribution in [1.29, 1.82) is 0 Å². The predicted octanol–water partition coefficient (Wildman–Crippen LogP) is 2.33. The van der Waals surface area contributed by atoms with E-state index in [4.69, 9.17) is 0 Å². The zero-order valence-corrected chi connectivity index (χ0v) is 7.93. The van der Waals surface area contributed by atoms with Crippen molar-refractivity contribution in [3.63, 3.8) is 0 Å². The van der Waals surface area contributed by atoms with Crippen LogP contribution in [0.3, 0.4) is 0 Å². The van der Waals surface area contributed by atoms with Crippen molar-refractivity contribution >= 4 is 24.8 Å². The summed E-state index contributed by atoms with van der Waals surface area (Å²) in [6.07, 6.45) is 0. The topological polar surface area (TPSA) is 0 Å². The number of hydrogen-bond acceptors (Lipinski definition) is 0. The first-order chi connectivity index (χ1) is 3.00. The molecule has 0 bridgehead atoms. The minimum Gasteiger partial charge on any atom is -0.184 e. The Labute approximate surface area is 80.6 Å². The Hall–Kier alpha value is 0.423. The van der Waals surface area contributed by atoms with E-state index < -0.39 is 0 Å². The molecule has 0 fully saturated rings. The summed E-state index contributed by atoms with van der Waals surface area (Å²) in [4.78, 5) is 0. The summed E-state index contributed by atoms with van der Waals surface area (Å²) < 4.78 is 0. The first-order valence-electron chi connectivity index (χ1n) is 1.91. The first kappa shape index (κ1) is 16.2. The molecule has 0 aliphatic heterocycles. The molecule has 0 saturated heterocycles. The molecule has 1 aromatic carbocycles. The van der Waals surface area contributed by atoms with Gasteiger partial charge in [-0.2, -0.15) is 36.4 Å². The van der Waals surface area contributed by atoms with Crippen molar-refractivity contribution in [2.75, 3.05) is 0 Å². The molecule has 0 amide bonds. The number of rotatable bonds is 0. The fraction of sp³-hybridized carbons (Fsp3) is 0. The van der Waals surface area contributed by atoms with Gasteiger partial charge in [-0.05, 0) is 0 Å². The van der Waals surface area contributed by atoms with Gasteiger partial charge in [0.05, 0.1) is 0 Å². The van der Waals surface area contributed by atoms with E-state index in [-0.39, 0.29) is 44.3 Å². The number of hydrogen-bond donors (Lipinski definition) is 0. The van der Waals surface area contributed by atoms with Gasteiger partial charge in [0.25, 0.3) is 0 Å². The van der Waals surface area contributed by atoms with Gasteiger partial charge in [0.15, 0.2) is 0 Å². The average Bonchev–Trinajstić information content (AvgIpc) is 1.72. The summed E-state index contributed by atoms with van der Waals surface area (Å²) in [5, 5.41) is 0. The maximum Gasteiger partial charge on any atom is 1.00 e. The van der Waals surface area contributed by atoms with Crippen LogP contribution in [-0.4, -0.2) is 0 Å². The van der Waals surface area contributed by atoms with Gasteiger partial charge >= 0.3 is 19.5 Å². The third-order valence-electron chi connectivity index (χ3n) is 0.607. The van der Waals surface area contributed by atoms with Crippen LogP contribution in [0.25, 0.3) is 0 Å². The molecule has 1 aromatic rings. The van der Waals surface area contributed by atoms with E-state index in [1.807, 2.05) is 30.3 Å². The van der Waals surface area contributed by atoms with E-state index in [9.17, 15) is 0 Å². The van der Waals surface area contributed by atoms with Crippen LogP contribution in [0, 0.1) is 6.07 Å². The van der Waals surface area contributed by atoms with Crippen molar-refractivity contribution in [3.8, 4) is 0 Å². The average molecular weight is 251 g/mol. The van der Waals surface area contributed by atoms with Gasteiger partial charge in [-0.1, -0.05) is 0 Å². The molecular formula is C6H7Cl2Ru. The standard InChI is InChI=1S/C6H5.2ClH.Ru/c1-2-4-6-5-3-1;;;/h1-5H;2*1H;/q-1;;;+1. The van der Waals surface area contributed by atoms with Crippen LogP contribution in [0.5, 0.6) is 0 Å². The molecule has 1 radical (unpaired) electrons. The molecule has 1 rings (SSSR count). The van der Waals surface area contributed by atoms with Gasteiger partial charge in [-0.25, -0.2) is 0 Å². The summed E-state index contributed by atoms with van der Waals surface area (Å²) in [6.45, 7) is 0. The predicted molar refractivity (Wildman–Crippen MR) is 39.8 cm³/mol. The molecule has 53 valence electrons. The van der Waals surface area contributed by atoms with Gasteiger partial charge in [0.2, 0.25) is 0 Å². The summed E-state index contributed by atoms with van der Waals surface area (Å²) in [5.41, 5.74) is 0. The minimum absolute atomic E-state index is 0. The third kappa shape index (κ3) is 8.42. The van der Waals surface area contributed by atoms with E-state index >= 15 is 0 Å². The second-order valence-corrected chi connectivity index (χ2v) is 1.08. The Kier molecular flexibility index (Phi) is 20.3. The summed E-state index contributed by atoms with van der Waals surface area (Å²) in [7, 11) is 0. The largest absolute Gasteiger partial charge is 1.00 e. The van der Waals surface area contributed by atoms with Crippen molar-refractivity contribution in [2.45, 2.75) is 0 Å². The Morgan fingerprint density at radius 2 is 1.22 bits per heavy atom. The molecule has 0 saturated carbocycles. The van der Waals surface area contributed by atoms with Crippen molar-refractivity contribution < 1.29 is 19.5 Å². The Bertz CT molecular complexity index is 83.0. The van der Waals surface area contributed by atoms with E-state index in [0.717, 1.165) is 0 Å². The second kappa shape index (κ2) is 11.3. The smallest absolute Gasteiger partial charge is 0.184 e. The Morgan fingerprint density at radius 1 is 0.778 bits per heavy atom. The zero-order valence-electron chi connectivity index (χ0n) is 4.56. The van der Waals surface area contributed by atoms with Crippen LogP contribution in [0.1, 0.15) is 0 Å².